The van der Waals surface area contributed by atoms with Gasteiger partial charge < -0.3 is 14.8 Å². The molecule has 2 heterocycles. The summed E-state index contributed by atoms with van der Waals surface area (Å²) in [5, 5.41) is 15.8. The van der Waals surface area contributed by atoms with Crippen LogP contribution in [0.5, 0.6) is 17.4 Å². The summed E-state index contributed by atoms with van der Waals surface area (Å²) in [5.74, 6) is 2.47. The standard InChI is InChI=1S/C29H20ClN5O2/c1-36-22-14-15-26-25(16-22)29(32-17-31-26)37-21-12-10-20(11-13-21)33-28-24-5-3-2-4-23(24)27(34-35-28)18-6-8-19(30)9-7-18/h2-17H,1H3,(H,33,35). The highest BCUT2D eigenvalue weighted by atomic mass is 35.5. The Morgan fingerprint density at radius 1 is 0.730 bits per heavy atom. The van der Waals surface area contributed by atoms with E-state index in [1.54, 1.807) is 7.11 Å². The van der Waals surface area contributed by atoms with Crippen molar-refractivity contribution in [2.75, 3.05) is 12.4 Å². The van der Waals surface area contributed by atoms with E-state index in [-0.39, 0.29) is 0 Å². The van der Waals surface area contributed by atoms with Crippen LogP contribution in [0.3, 0.4) is 0 Å². The van der Waals surface area contributed by atoms with Gasteiger partial charge in [-0.25, -0.2) is 9.97 Å². The van der Waals surface area contributed by atoms with E-state index in [0.29, 0.717) is 28.2 Å². The lowest BCUT2D eigenvalue weighted by Gasteiger charge is -2.12. The fourth-order valence-corrected chi connectivity index (χ4v) is 4.22. The van der Waals surface area contributed by atoms with E-state index in [1.807, 2.05) is 91.0 Å². The Bertz CT molecular complexity index is 1720. The van der Waals surface area contributed by atoms with Gasteiger partial charge >= 0.3 is 0 Å². The van der Waals surface area contributed by atoms with Crippen molar-refractivity contribution in [3.05, 3.63) is 102 Å². The number of hydrogen-bond acceptors (Lipinski definition) is 7. The zero-order chi connectivity index (χ0) is 25.2. The molecule has 1 N–H and O–H groups in total. The maximum atomic E-state index is 6.07. The first kappa shape index (κ1) is 22.7. The third-order valence-electron chi connectivity index (χ3n) is 5.94. The monoisotopic (exact) mass is 505 g/mol. The summed E-state index contributed by atoms with van der Waals surface area (Å²) in [7, 11) is 1.62. The van der Waals surface area contributed by atoms with Crippen LogP contribution in [0.15, 0.2) is 97.3 Å². The Morgan fingerprint density at radius 2 is 1.49 bits per heavy atom. The molecule has 0 aliphatic carbocycles. The second kappa shape index (κ2) is 9.72. The number of benzene rings is 4. The van der Waals surface area contributed by atoms with Crippen LogP contribution in [0.1, 0.15) is 0 Å². The molecule has 0 saturated carbocycles. The normalized spacial score (nSPS) is 11.0. The summed E-state index contributed by atoms with van der Waals surface area (Å²) in [6.45, 7) is 0. The number of methoxy groups -OCH3 is 1. The number of nitrogens with one attached hydrogen (secondary N) is 1. The Hall–Kier alpha value is -4.75. The first-order valence-electron chi connectivity index (χ1n) is 11.5. The molecule has 6 aromatic rings. The van der Waals surface area contributed by atoms with Crippen LogP contribution in [0.25, 0.3) is 32.9 Å². The molecule has 0 bridgehead atoms. The number of fused-ring (bicyclic) bond motifs is 2. The fourth-order valence-electron chi connectivity index (χ4n) is 4.09. The van der Waals surface area contributed by atoms with Crippen LogP contribution in [0.2, 0.25) is 5.02 Å². The molecule has 4 aromatic carbocycles. The van der Waals surface area contributed by atoms with Crippen molar-refractivity contribution in [2.24, 2.45) is 0 Å². The Balaban J connectivity index is 1.27. The van der Waals surface area contributed by atoms with Gasteiger partial charge in [0, 0.05) is 27.0 Å². The third-order valence-corrected chi connectivity index (χ3v) is 6.19. The summed E-state index contributed by atoms with van der Waals surface area (Å²) >= 11 is 6.06. The molecule has 37 heavy (non-hydrogen) atoms. The molecule has 0 aliphatic heterocycles. The van der Waals surface area contributed by atoms with Crippen LogP contribution >= 0.6 is 11.6 Å². The van der Waals surface area contributed by atoms with Crippen LogP contribution in [-0.4, -0.2) is 27.3 Å². The van der Waals surface area contributed by atoms with Crippen molar-refractivity contribution in [3.8, 4) is 28.6 Å². The summed E-state index contributed by atoms with van der Waals surface area (Å²) in [6, 6.07) is 28.8. The molecule has 0 aliphatic rings. The largest absolute Gasteiger partial charge is 0.497 e. The van der Waals surface area contributed by atoms with Crippen LogP contribution < -0.4 is 14.8 Å². The molecule has 0 spiro atoms. The molecule has 6 rings (SSSR count). The van der Waals surface area contributed by atoms with Crippen molar-refractivity contribution >= 4 is 44.8 Å². The van der Waals surface area contributed by atoms with Crippen LogP contribution in [-0.2, 0) is 0 Å². The van der Waals surface area contributed by atoms with Gasteiger partial charge in [0.2, 0.25) is 5.88 Å². The number of halogens is 1. The lowest BCUT2D eigenvalue weighted by Crippen LogP contribution is -1.99. The van der Waals surface area contributed by atoms with Gasteiger partial charge in [-0.3, -0.25) is 0 Å². The molecular weight excluding hydrogens is 486 g/mol. The molecular formula is C29H20ClN5O2. The van der Waals surface area contributed by atoms with Gasteiger partial charge in [-0.2, -0.15) is 0 Å². The molecule has 2 aromatic heterocycles. The smallest absolute Gasteiger partial charge is 0.230 e. The SMILES string of the molecule is COc1ccc2ncnc(Oc3ccc(Nc4nnc(-c5ccc(Cl)cc5)c5ccccc45)cc3)c2c1. The van der Waals surface area contributed by atoms with E-state index in [4.69, 9.17) is 21.1 Å². The number of hydrogen-bond donors (Lipinski definition) is 1. The second-order valence-electron chi connectivity index (χ2n) is 8.26. The van der Waals surface area contributed by atoms with Gasteiger partial charge in [-0.15, -0.1) is 10.2 Å². The zero-order valence-electron chi connectivity index (χ0n) is 19.7. The van der Waals surface area contributed by atoms with E-state index in [9.17, 15) is 0 Å². The number of ether oxygens (including phenoxy) is 2. The minimum absolute atomic E-state index is 0.458. The van der Waals surface area contributed by atoms with Crippen molar-refractivity contribution < 1.29 is 9.47 Å². The molecule has 0 unspecified atom stereocenters. The van der Waals surface area contributed by atoms with Crippen LogP contribution in [0.4, 0.5) is 11.5 Å². The predicted molar refractivity (Wildman–Crippen MR) is 146 cm³/mol. The lowest BCUT2D eigenvalue weighted by molar-refractivity contribution is 0.415. The zero-order valence-corrected chi connectivity index (χ0v) is 20.5. The first-order chi connectivity index (χ1) is 18.2. The second-order valence-corrected chi connectivity index (χ2v) is 8.70. The lowest BCUT2D eigenvalue weighted by atomic mass is 10.0. The first-order valence-corrected chi connectivity index (χ1v) is 11.9. The van der Waals surface area contributed by atoms with E-state index in [2.05, 4.69) is 25.5 Å². The molecule has 7 nitrogen and oxygen atoms in total. The van der Waals surface area contributed by atoms with Gasteiger partial charge in [0.1, 0.15) is 23.5 Å². The van der Waals surface area contributed by atoms with Crippen molar-refractivity contribution in [1.82, 2.24) is 20.2 Å². The predicted octanol–water partition coefficient (Wildman–Crippen LogP) is 7.44. The quantitative estimate of drug-likeness (QED) is 0.252. The molecule has 0 fully saturated rings. The molecule has 8 heteroatoms. The highest BCUT2D eigenvalue weighted by Gasteiger charge is 2.12. The van der Waals surface area contributed by atoms with Crippen molar-refractivity contribution in [2.45, 2.75) is 0 Å². The topological polar surface area (TPSA) is 82.1 Å². The molecule has 0 amide bonds. The van der Waals surface area contributed by atoms with Gasteiger partial charge in [0.25, 0.3) is 0 Å². The van der Waals surface area contributed by atoms with E-state index in [0.717, 1.165) is 38.6 Å². The number of rotatable bonds is 6. The Kier molecular flexibility index (Phi) is 5.96. The van der Waals surface area contributed by atoms with Crippen molar-refractivity contribution in [1.29, 1.82) is 0 Å². The number of nitrogens with zero attached hydrogens (tertiary/aromatic N) is 4. The Morgan fingerprint density at radius 3 is 2.27 bits per heavy atom. The summed E-state index contributed by atoms with van der Waals surface area (Å²) in [4.78, 5) is 8.61. The molecule has 0 radical (unpaired) electrons. The highest BCUT2D eigenvalue weighted by molar-refractivity contribution is 6.30. The summed E-state index contributed by atoms with van der Waals surface area (Å²) in [6.07, 6.45) is 1.48. The van der Waals surface area contributed by atoms with Gasteiger partial charge in [0.05, 0.1) is 18.0 Å². The van der Waals surface area contributed by atoms with E-state index in [1.165, 1.54) is 6.33 Å². The molecule has 0 saturated heterocycles. The summed E-state index contributed by atoms with van der Waals surface area (Å²) < 4.78 is 11.4. The highest BCUT2D eigenvalue weighted by Crippen LogP contribution is 2.33. The van der Waals surface area contributed by atoms with Gasteiger partial charge in [-0.1, -0.05) is 48.0 Å². The van der Waals surface area contributed by atoms with E-state index < -0.39 is 0 Å². The fraction of sp³-hybridized carbons (Fsp3) is 0.0345. The van der Waals surface area contributed by atoms with Gasteiger partial charge in [-0.05, 0) is 54.6 Å². The number of aromatic nitrogens is 4. The minimum atomic E-state index is 0.458. The summed E-state index contributed by atoms with van der Waals surface area (Å²) in [5.41, 5.74) is 3.38. The molecule has 0 atom stereocenters. The van der Waals surface area contributed by atoms with Gasteiger partial charge in [0.15, 0.2) is 5.82 Å². The molecule has 180 valence electrons. The minimum Gasteiger partial charge on any atom is -0.497 e. The van der Waals surface area contributed by atoms with E-state index >= 15 is 0 Å². The Labute approximate surface area is 217 Å². The van der Waals surface area contributed by atoms with Crippen LogP contribution in [0, 0.1) is 0 Å². The average molecular weight is 506 g/mol. The van der Waals surface area contributed by atoms with Crippen molar-refractivity contribution in [3.63, 3.8) is 0 Å². The maximum absolute atomic E-state index is 6.07. The number of anilines is 2. The maximum Gasteiger partial charge on any atom is 0.230 e. The third kappa shape index (κ3) is 4.60. The average Bonchev–Trinajstić information content (AvgIpc) is 2.95.